The summed E-state index contributed by atoms with van der Waals surface area (Å²) in [5.74, 6) is -4.38. The molecule has 14 heavy (non-hydrogen) atoms. The molecule has 1 aromatic carbocycles. The zero-order valence-corrected chi connectivity index (χ0v) is 7.17. The van der Waals surface area contributed by atoms with E-state index in [1.54, 1.807) is 0 Å². The molecule has 0 radical (unpaired) electrons. The maximum atomic E-state index is 13.0. The van der Waals surface area contributed by atoms with Crippen LogP contribution >= 0.6 is 0 Å². The predicted molar refractivity (Wildman–Crippen MR) is 43.3 cm³/mol. The van der Waals surface area contributed by atoms with Crippen LogP contribution in [0.2, 0.25) is 0 Å². The standard InChI is InChI=1S/C9H6F2O3/c1-4(12)5-2-8(11)6(9(13)14)3-7(5)10/h2-3H,1H3,(H,13,14). The fourth-order valence-electron chi connectivity index (χ4n) is 0.981. The quantitative estimate of drug-likeness (QED) is 0.741. The Morgan fingerprint density at radius 1 is 1.14 bits per heavy atom. The Labute approximate surface area is 78.0 Å². The Morgan fingerprint density at radius 3 is 2.00 bits per heavy atom. The molecule has 0 fully saturated rings. The lowest BCUT2D eigenvalue weighted by molar-refractivity contribution is 0.0690. The first-order valence-electron chi connectivity index (χ1n) is 3.66. The van der Waals surface area contributed by atoms with Crippen LogP contribution in [0.5, 0.6) is 0 Å². The summed E-state index contributed by atoms with van der Waals surface area (Å²) in [6.07, 6.45) is 0. The summed E-state index contributed by atoms with van der Waals surface area (Å²) in [5, 5.41) is 8.43. The normalized spacial score (nSPS) is 9.93. The molecule has 0 unspecified atom stereocenters. The van der Waals surface area contributed by atoms with Crippen molar-refractivity contribution in [2.24, 2.45) is 0 Å². The number of benzene rings is 1. The van der Waals surface area contributed by atoms with Gasteiger partial charge in [0.2, 0.25) is 0 Å². The van der Waals surface area contributed by atoms with E-state index in [1.807, 2.05) is 0 Å². The minimum atomic E-state index is -1.57. The molecule has 3 nitrogen and oxygen atoms in total. The molecule has 5 heteroatoms. The number of Topliss-reactive ketones (excluding diaryl/α,β-unsaturated/α-hetero) is 1. The third-order valence-electron chi connectivity index (χ3n) is 1.67. The van der Waals surface area contributed by atoms with Crippen molar-refractivity contribution in [1.82, 2.24) is 0 Å². The Morgan fingerprint density at radius 2 is 1.57 bits per heavy atom. The first kappa shape index (κ1) is 10.3. The van der Waals surface area contributed by atoms with E-state index in [1.165, 1.54) is 0 Å². The number of carboxylic acid groups (broad SMARTS) is 1. The maximum Gasteiger partial charge on any atom is 0.338 e. The van der Waals surface area contributed by atoms with Gasteiger partial charge in [-0.15, -0.1) is 0 Å². The van der Waals surface area contributed by atoms with Crippen LogP contribution in [-0.4, -0.2) is 16.9 Å². The smallest absolute Gasteiger partial charge is 0.338 e. The zero-order chi connectivity index (χ0) is 10.9. The van der Waals surface area contributed by atoms with Gasteiger partial charge < -0.3 is 5.11 Å². The second kappa shape index (κ2) is 3.53. The Hall–Kier alpha value is -1.78. The summed E-state index contributed by atoms with van der Waals surface area (Å²) < 4.78 is 25.9. The molecule has 0 aliphatic heterocycles. The van der Waals surface area contributed by atoms with Crippen LogP contribution in [0, 0.1) is 11.6 Å². The van der Waals surface area contributed by atoms with E-state index >= 15 is 0 Å². The second-order valence-electron chi connectivity index (χ2n) is 2.67. The number of rotatable bonds is 2. The number of hydrogen-bond donors (Lipinski definition) is 1. The maximum absolute atomic E-state index is 13.0. The molecule has 0 bridgehead atoms. The Balaban J connectivity index is 3.38. The minimum absolute atomic E-state index is 0.451. The SMILES string of the molecule is CC(=O)c1cc(F)c(C(=O)O)cc1F. The summed E-state index contributed by atoms with van der Waals surface area (Å²) in [6, 6.07) is 1.08. The highest BCUT2D eigenvalue weighted by Crippen LogP contribution is 2.15. The van der Waals surface area contributed by atoms with E-state index < -0.39 is 34.5 Å². The fraction of sp³-hybridized carbons (Fsp3) is 0.111. The van der Waals surface area contributed by atoms with Crippen LogP contribution in [0.1, 0.15) is 27.6 Å². The molecule has 0 spiro atoms. The van der Waals surface area contributed by atoms with E-state index in [9.17, 15) is 18.4 Å². The van der Waals surface area contributed by atoms with Gasteiger partial charge in [-0.2, -0.15) is 0 Å². The molecular weight excluding hydrogens is 194 g/mol. The van der Waals surface area contributed by atoms with Gasteiger partial charge in [-0.05, 0) is 19.1 Å². The highest BCUT2D eigenvalue weighted by molar-refractivity contribution is 5.96. The largest absolute Gasteiger partial charge is 0.478 e. The first-order valence-corrected chi connectivity index (χ1v) is 3.66. The van der Waals surface area contributed by atoms with Crippen molar-refractivity contribution in [1.29, 1.82) is 0 Å². The van der Waals surface area contributed by atoms with Gasteiger partial charge in [-0.1, -0.05) is 0 Å². The van der Waals surface area contributed by atoms with Crippen molar-refractivity contribution >= 4 is 11.8 Å². The van der Waals surface area contributed by atoms with Crippen molar-refractivity contribution in [2.45, 2.75) is 6.92 Å². The monoisotopic (exact) mass is 200 g/mol. The fourth-order valence-corrected chi connectivity index (χ4v) is 0.981. The number of carbonyl (C=O) groups excluding carboxylic acids is 1. The number of carbonyl (C=O) groups is 2. The zero-order valence-electron chi connectivity index (χ0n) is 7.17. The van der Waals surface area contributed by atoms with Crippen LogP contribution in [-0.2, 0) is 0 Å². The van der Waals surface area contributed by atoms with Crippen molar-refractivity contribution in [2.75, 3.05) is 0 Å². The average molecular weight is 200 g/mol. The van der Waals surface area contributed by atoms with Gasteiger partial charge in [-0.3, -0.25) is 4.79 Å². The van der Waals surface area contributed by atoms with E-state index in [2.05, 4.69) is 0 Å². The highest BCUT2D eigenvalue weighted by atomic mass is 19.1. The molecule has 0 aliphatic rings. The number of aromatic carboxylic acids is 1. The lowest BCUT2D eigenvalue weighted by Gasteiger charge is -2.01. The molecule has 0 heterocycles. The molecule has 0 saturated heterocycles. The Bertz CT molecular complexity index is 373. The van der Waals surface area contributed by atoms with Crippen LogP contribution < -0.4 is 0 Å². The molecule has 1 N–H and O–H groups in total. The van der Waals surface area contributed by atoms with Gasteiger partial charge in [0, 0.05) is 0 Å². The number of carboxylic acids is 1. The van der Waals surface area contributed by atoms with Gasteiger partial charge in [0.25, 0.3) is 0 Å². The summed E-state index contributed by atoms with van der Waals surface area (Å²) in [7, 11) is 0. The second-order valence-corrected chi connectivity index (χ2v) is 2.67. The highest BCUT2D eigenvalue weighted by Gasteiger charge is 2.16. The summed E-state index contributed by atoms with van der Waals surface area (Å²) in [6.45, 7) is 1.07. The third-order valence-corrected chi connectivity index (χ3v) is 1.67. The van der Waals surface area contributed by atoms with Crippen molar-refractivity contribution in [3.05, 3.63) is 34.9 Å². The van der Waals surface area contributed by atoms with Crippen molar-refractivity contribution in [3.63, 3.8) is 0 Å². The van der Waals surface area contributed by atoms with Crippen molar-refractivity contribution in [3.8, 4) is 0 Å². The topological polar surface area (TPSA) is 54.4 Å². The van der Waals surface area contributed by atoms with Crippen LogP contribution in [0.25, 0.3) is 0 Å². The third kappa shape index (κ3) is 1.76. The minimum Gasteiger partial charge on any atom is -0.478 e. The van der Waals surface area contributed by atoms with Gasteiger partial charge in [0.15, 0.2) is 5.78 Å². The molecule has 0 atom stereocenters. The molecular formula is C9H6F2O3. The predicted octanol–water partition coefficient (Wildman–Crippen LogP) is 1.87. The van der Waals surface area contributed by atoms with Crippen LogP contribution in [0.4, 0.5) is 8.78 Å². The molecule has 0 aliphatic carbocycles. The molecule has 0 saturated carbocycles. The average Bonchev–Trinajstić information content (AvgIpc) is 2.07. The number of halogens is 2. The van der Waals surface area contributed by atoms with Gasteiger partial charge in [0.05, 0.1) is 11.1 Å². The van der Waals surface area contributed by atoms with Crippen molar-refractivity contribution < 1.29 is 23.5 Å². The van der Waals surface area contributed by atoms with Crippen LogP contribution in [0.3, 0.4) is 0 Å². The van der Waals surface area contributed by atoms with E-state index in [-0.39, 0.29) is 0 Å². The lowest BCUT2D eigenvalue weighted by Crippen LogP contribution is -2.06. The molecule has 0 aromatic heterocycles. The summed E-state index contributed by atoms with van der Waals surface area (Å²) >= 11 is 0. The summed E-state index contributed by atoms with van der Waals surface area (Å²) in [4.78, 5) is 21.1. The molecule has 0 amide bonds. The molecule has 1 aromatic rings. The van der Waals surface area contributed by atoms with E-state index in [4.69, 9.17) is 5.11 Å². The van der Waals surface area contributed by atoms with Gasteiger partial charge in [-0.25, -0.2) is 13.6 Å². The first-order chi connectivity index (χ1) is 6.43. The van der Waals surface area contributed by atoms with Gasteiger partial charge >= 0.3 is 5.97 Å². The van der Waals surface area contributed by atoms with Crippen LogP contribution in [0.15, 0.2) is 12.1 Å². The Kier molecular flexibility index (Phi) is 2.60. The molecule has 74 valence electrons. The number of ketones is 1. The molecule has 1 rings (SSSR count). The summed E-state index contributed by atoms with van der Waals surface area (Å²) in [5.41, 5.74) is -1.24. The van der Waals surface area contributed by atoms with E-state index in [0.717, 1.165) is 6.92 Å². The van der Waals surface area contributed by atoms with E-state index in [0.29, 0.717) is 12.1 Å². The number of hydrogen-bond acceptors (Lipinski definition) is 2. The lowest BCUT2D eigenvalue weighted by atomic mass is 10.1. The van der Waals surface area contributed by atoms with Gasteiger partial charge in [0.1, 0.15) is 11.6 Å².